The zero-order valence-corrected chi connectivity index (χ0v) is 15.5. The maximum Gasteiger partial charge on any atom is 0.256 e. The Labute approximate surface area is 151 Å². The molecule has 136 valence electrons. The van der Waals surface area contributed by atoms with Crippen molar-refractivity contribution in [2.24, 2.45) is 0 Å². The standard InChI is InChI=1S/C18H20N4O3S/c1-11-4-3-5-13-12(8-19-16(11)13)9-22-7-6-15-14(10-22)17(23)21-18(20-15)26(2,24)25/h3-5,8,19H,6-7,9-10H2,1-2H3,(H,20,21,23). The fraction of sp³-hybridized carbons (Fsp3) is 0.333. The first-order chi connectivity index (χ1) is 12.3. The summed E-state index contributed by atoms with van der Waals surface area (Å²) < 4.78 is 23.3. The SMILES string of the molecule is Cc1cccc2c(CN3CCc4nc(S(C)(=O)=O)[nH]c(=O)c4C3)c[nH]c12. The monoisotopic (exact) mass is 372 g/mol. The molecule has 0 atom stereocenters. The molecule has 4 rings (SSSR count). The molecule has 0 saturated heterocycles. The second kappa shape index (κ2) is 6.07. The second-order valence-corrected chi connectivity index (χ2v) is 8.77. The van der Waals surface area contributed by atoms with Gasteiger partial charge in [-0.25, -0.2) is 13.4 Å². The van der Waals surface area contributed by atoms with Crippen LogP contribution in [0.25, 0.3) is 10.9 Å². The molecule has 1 aliphatic rings. The average molecular weight is 372 g/mol. The van der Waals surface area contributed by atoms with E-state index in [1.807, 2.05) is 12.3 Å². The molecular formula is C18H20N4O3S. The molecule has 26 heavy (non-hydrogen) atoms. The third kappa shape index (κ3) is 2.95. The Balaban J connectivity index is 1.63. The summed E-state index contributed by atoms with van der Waals surface area (Å²) in [6.45, 7) is 3.98. The maximum absolute atomic E-state index is 12.3. The van der Waals surface area contributed by atoms with E-state index in [0.29, 0.717) is 24.2 Å². The Morgan fingerprint density at radius 2 is 2.12 bits per heavy atom. The molecule has 0 fully saturated rings. The van der Waals surface area contributed by atoms with Crippen molar-refractivity contribution in [2.45, 2.75) is 31.6 Å². The van der Waals surface area contributed by atoms with E-state index in [1.165, 1.54) is 16.5 Å². The van der Waals surface area contributed by atoms with Crippen molar-refractivity contribution in [1.82, 2.24) is 19.9 Å². The van der Waals surface area contributed by atoms with E-state index in [-0.39, 0.29) is 10.7 Å². The van der Waals surface area contributed by atoms with Crippen LogP contribution in [-0.2, 0) is 29.3 Å². The van der Waals surface area contributed by atoms with Crippen molar-refractivity contribution in [3.05, 3.63) is 57.1 Å². The van der Waals surface area contributed by atoms with E-state index in [4.69, 9.17) is 0 Å². The lowest BCUT2D eigenvalue weighted by Gasteiger charge is -2.27. The number of rotatable bonds is 3. The number of hydrogen-bond acceptors (Lipinski definition) is 5. The van der Waals surface area contributed by atoms with Gasteiger partial charge in [0.05, 0.1) is 11.3 Å². The number of benzene rings is 1. The summed E-state index contributed by atoms with van der Waals surface area (Å²) in [5.74, 6) is 0. The van der Waals surface area contributed by atoms with Crippen molar-refractivity contribution in [3.63, 3.8) is 0 Å². The van der Waals surface area contributed by atoms with Gasteiger partial charge in [0.1, 0.15) is 0 Å². The van der Waals surface area contributed by atoms with Gasteiger partial charge < -0.3 is 4.98 Å². The number of hydrogen-bond donors (Lipinski definition) is 2. The summed E-state index contributed by atoms with van der Waals surface area (Å²) in [6.07, 6.45) is 3.62. The van der Waals surface area contributed by atoms with Crippen LogP contribution in [-0.4, -0.2) is 41.1 Å². The number of aryl methyl sites for hydroxylation is 1. The topological polar surface area (TPSA) is 98.9 Å². The lowest BCUT2D eigenvalue weighted by Crippen LogP contribution is -2.36. The zero-order chi connectivity index (χ0) is 18.5. The van der Waals surface area contributed by atoms with Gasteiger partial charge in [-0.2, -0.15) is 0 Å². The number of H-pyrrole nitrogens is 2. The fourth-order valence-electron chi connectivity index (χ4n) is 3.50. The number of aromatic nitrogens is 3. The summed E-state index contributed by atoms with van der Waals surface area (Å²) in [5, 5.41) is 0.942. The van der Waals surface area contributed by atoms with Crippen molar-refractivity contribution >= 4 is 20.7 Å². The molecule has 3 aromatic rings. The van der Waals surface area contributed by atoms with E-state index in [2.05, 4.69) is 38.9 Å². The Morgan fingerprint density at radius 3 is 2.88 bits per heavy atom. The number of aromatic amines is 2. The average Bonchev–Trinajstić information content (AvgIpc) is 2.99. The normalized spacial score (nSPS) is 15.3. The summed E-state index contributed by atoms with van der Waals surface area (Å²) >= 11 is 0. The first-order valence-corrected chi connectivity index (χ1v) is 10.3. The van der Waals surface area contributed by atoms with Crippen molar-refractivity contribution in [2.75, 3.05) is 12.8 Å². The molecule has 2 aromatic heterocycles. The molecule has 0 amide bonds. The molecule has 0 radical (unpaired) electrons. The fourth-order valence-corrected chi connectivity index (χ4v) is 4.06. The zero-order valence-electron chi connectivity index (χ0n) is 14.7. The minimum absolute atomic E-state index is 0.248. The molecule has 7 nitrogen and oxygen atoms in total. The minimum atomic E-state index is -3.53. The number of nitrogens with one attached hydrogen (secondary N) is 2. The number of nitrogens with zero attached hydrogens (tertiary/aromatic N) is 2. The lowest BCUT2D eigenvalue weighted by atomic mass is 10.1. The lowest BCUT2D eigenvalue weighted by molar-refractivity contribution is 0.241. The van der Waals surface area contributed by atoms with Gasteiger partial charge in [-0.1, -0.05) is 18.2 Å². The molecule has 0 bridgehead atoms. The van der Waals surface area contributed by atoms with Gasteiger partial charge in [0.25, 0.3) is 5.56 Å². The molecule has 0 saturated carbocycles. The summed E-state index contributed by atoms with van der Waals surface area (Å²) in [4.78, 5) is 24.4. The van der Waals surface area contributed by atoms with Crippen LogP contribution in [0.5, 0.6) is 0 Å². The number of sulfone groups is 1. The Hall–Kier alpha value is -2.45. The molecule has 0 aliphatic carbocycles. The third-order valence-corrected chi connectivity index (χ3v) is 5.78. The van der Waals surface area contributed by atoms with Gasteiger partial charge in [0.2, 0.25) is 15.0 Å². The molecule has 2 N–H and O–H groups in total. The van der Waals surface area contributed by atoms with Gasteiger partial charge >= 0.3 is 0 Å². The predicted octanol–water partition coefficient (Wildman–Crippen LogP) is 1.52. The van der Waals surface area contributed by atoms with E-state index < -0.39 is 9.84 Å². The summed E-state index contributed by atoms with van der Waals surface area (Å²) in [7, 11) is -3.53. The predicted molar refractivity (Wildman–Crippen MR) is 98.8 cm³/mol. The van der Waals surface area contributed by atoms with Crippen LogP contribution in [0.15, 0.2) is 34.3 Å². The highest BCUT2D eigenvalue weighted by Gasteiger charge is 2.24. The largest absolute Gasteiger partial charge is 0.361 e. The van der Waals surface area contributed by atoms with Crippen LogP contribution in [0.1, 0.15) is 22.4 Å². The van der Waals surface area contributed by atoms with E-state index in [1.54, 1.807) is 0 Å². The molecule has 0 spiro atoms. The molecule has 1 aromatic carbocycles. The van der Waals surface area contributed by atoms with Gasteiger partial charge in [-0.15, -0.1) is 0 Å². The Kier molecular flexibility index (Phi) is 3.96. The summed E-state index contributed by atoms with van der Waals surface area (Å²) in [6, 6.07) is 6.21. The van der Waals surface area contributed by atoms with Crippen LogP contribution in [0.4, 0.5) is 0 Å². The van der Waals surface area contributed by atoms with Gasteiger partial charge in [0, 0.05) is 49.4 Å². The van der Waals surface area contributed by atoms with Crippen LogP contribution in [0.2, 0.25) is 0 Å². The van der Waals surface area contributed by atoms with E-state index >= 15 is 0 Å². The quantitative estimate of drug-likeness (QED) is 0.679. The maximum atomic E-state index is 12.3. The molecule has 3 heterocycles. The highest BCUT2D eigenvalue weighted by atomic mass is 32.2. The minimum Gasteiger partial charge on any atom is -0.361 e. The highest BCUT2D eigenvalue weighted by Crippen LogP contribution is 2.24. The van der Waals surface area contributed by atoms with E-state index in [9.17, 15) is 13.2 Å². The number of para-hydroxylation sites is 1. The second-order valence-electron chi connectivity index (χ2n) is 6.84. The molecule has 1 aliphatic heterocycles. The first-order valence-electron chi connectivity index (χ1n) is 8.43. The first kappa shape index (κ1) is 17.0. The molecule has 0 unspecified atom stereocenters. The number of fused-ring (bicyclic) bond motifs is 2. The smallest absolute Gasteiger partial charge is 0.256 e. The van der Waals surface area contributed by atoms with Crippen LogP contribution < -0.4 is 5.56 Å². The van der Waals surface area contributed by atoms with E-state index in [0.717, 1.165) is 24.9 Å². The Morgan fingerprint density at radius 1 is 1.31 bits per heavy atom. The van der Waals surface area contributed by atoms with Crippen molar-refractivity contribution < 1.29 is 8.42 Å². The van der Waals surface area contributed by atoms with Crippen molar-refractivity contribution in [3.8, 4) is 0 Å². The molecule has 8 heteroatoms. The van der Waals surface area contributed by atoms with Crippen LogP contribution >= 0.6 is 0 Å². The van der Waals surface area contributed by atoms with Crippen molar-refractivity contribution in [1.29, 1.82) is 0 Å². The Bertz CT molecular complexity index is 1160. The van der Waals surface area contributed by atoms with Gasteiger partial charge in [-0.3, -0.25) is 14.7 Å². The molecular weight excluding hydrogens is 352 g/mol. The highest BCUT2D eigenvalue weighted by molar-refractivity contribution is 7.90. The summed E-state index contributed by atoms with van der Waals surface area (Å²) in [5.41, 5.74) is 4.29. The van der Waals surface area contributed by atoms with Crippen LogP contribution in [0.3, 0.4) is 0 Å². The van der Waals surface area contributed by atoms with Crippen LogP contribution in [0, 0.1) is 6.92 Å². The van der Waals surface area contributed by atoms with Gasteiger partial charge in [0.15, 0.2) is 0 Å². The van der Waals surface area contributed by atoms with Gasteiger partial charge in [-0.05, 0) is 18.1 Å². The third-order valence-electron chi connectivity index (χ3n) is 4.88.